The van der Waals surface area contributed by atoms with Crippen molar-refractivity contribution in [1.82, 2.24) is 4.98 Å². The smallest absolute Gasteiger partial charge is 0.168 e. The Morgan fingerprint density at radius 1 is 1.73 bits per heavy atom. The molecule has 0 amide bonds. The van der Waals surface area contributed by atoms with E-state index in [0.717, 1.165) is 17.1 Å². The predicted molar refractivity (Wildman–Crippen MR) is 59.1 cm³/mol. The van der Waals surface area contributed by atoms with E-state index in [-0.39, 0.29) is 11.9 Å². The molecule has 4 heteroatoms. The van der Waals surface area contributed by atoms with Crippen molar-refractivity contribution in [2.24, 2.45) is 5.92 Å². The second-order valence-corrected chi connectivity index (χ2v) is 5.03. The largest absolute Gasteiger partial charge is 0.370 e. The quantitative estimate of drug-likeness (QED) is 0.789. The fraction of sp³-hybridized carbons (Fsp3) is 0.636. The number of carbonyl (C=O) groups is 1. The third kappa shape index (κ3) is 2.44. The number of aryl methyl sites for hydroxylation is 1. The molecule has 2 atom stereocenters. The highest BCUT2D eigenvalue weighted by atomic mass is 32.1. The van der Waals surface area contributed by atoms with Crippen molar-refractivity contribution in [2.75, 3.05) is 6.61 Å². The average molecular weight is 225 g/mol. The normalized spacial score (nSPS) is 25.7. The van der Waals surface area contributed by atoms with Gasteiger partial charge >= 0.3 is 0 Å². The van der Waals surface area contributed by atoms with Crippen LogP contribution in [0.4, 0.5) is 0 Å². The number of rotatable bonds is 3. The SMILES string of the molecule is Cc1csc(CC(=O)C2OCCC2C)n1. The zero-order valence-electron chi connectivity index (χ0n) is 9.03. The molecule has 1 saturated heterocycles. The number of nitrogens with zero attached hydrogens (tertiary/aromatic N) is 1. The summed E-state index contributed by atoms with van der Waals surface area (Å²) in [5.74, 6) is 0.535. The lowest BCUT2D eigenvalue weighted by Crippen LogP contribution is -2.26. The molecule has 1 aliphatic heterocycles. The number of ketones is 1. The highest BCUT2D eigenvalue weighted by Crippen LogP contribution is 2.22. The lowest BCUT2D eigenvalue weighted by atomic mass is 9.99. The van der Waals surface area contributed by atoms with E-state index in [4.69, 9.17) is 4.74 Å². The van der Waals surface area contributed by atoms with Crippen molar-refractivity contribution in [3.8, 4) is 0 Å². The first-order valence-electron chi connectivity index (χ1n) is 5.22. The first kappa shape index (κ1) is 10.8. The summed E-state index contributed by atoms with van der Waals surface area (Å²) in [6.45, 7) is 4.73. The molecule has 1 fully saturated rings. The lowest BCUT2D eigenvalue weighted by Gasteiger charge is -2.11. The first-order valence-corrected chi connectivity index (χ1v) is 6.10. The van der Waals surface area contributed by atoms with E-state index in [2.05, 4.69) is 11.9 Å². The minimum Gasteiger partial charge on any atom is -0.370 e. The van der Waals surface area contributed by atoms with Gasteiger partial charge in [0.1, 0.15) is 11.1 Å². The van der Waals surface area contributed by atoms with Crippen LogP contribution in [0, 0.1) is 12.8 Å². The maximum Gasteiger partial charge on any atom is 0.168 e. The molecule has 2 unspecified atom stereocenters. The molecule has 1 aromatic heterocycles. The zero-order valence-corrected chi connectivity index (χ0v) is 9.84. The van der Waals surface area contributed by atoms with Crippen molar-refractivity contribution in [3.63, 3.8) is 0 Å². The molecule has 2 heterocycles. The van der Waals surface area contributed by atoms with Gasteiger partial charge in [0.05, 0.1) is 6.42 Å². The van der Waals surface area contributed by atoms with Crippen LogP contribution in [0.1, 0.15) is 24.0 Å². The maximum atomic E-state index is 11.9. The minimum atomic E-state index is -0.200. The van der Waals surface area contributed by atoms with Gasteiger partial charge in [-0.25, -0.2) is 4.98 Å². The van der Waals surface area contributed by atoms with E-state index in [1.54, 1.807) is 11.3 Å². The van der Waals surface area contributed by atoms with Gasteiger partial charge in [-0.2, -0.15) is 0 Å². The van der Waals surface area contributed by atoms with E-state index in [0.29, 0.717) is 18.9 Å². The highest BCUT2D eigenvalue weighted by Gasteiger charge is 2.30. The summed E-state index contributed by atoms with van der Waals surface area (Å²) >= 11 is 1.55. The molecule has 0 aromatic carbocycles. The summed E-state index contributed by atoms with van der Waals surface area (Å²) in [6.07, 6.45) is 1.22. The lowest BCUT2D eigenvalue weighted by molar-refractivity contribution is -0.128. The molecule has 1 aliphatic rings. The molecule has 0 N–H and O–H groups in total. The number of aromatic nitrogens is 1. The van der Waals surface area contributed by atoms with Crippen LogP contribution < -0.4 is 0 Å². The molecule has 15 heavy (non-hydrogen) atoms. The third-order valence-corrected chi connectivity index (χ3v) is 3.66. The van der Waals surface area contributed by atoms with Gasteiger partial charge in [-0.15, -0.1) is 11.3 Å². The third-order valence-electron chi connectivity index (χ3n) is 2.70. The highest BCUT2D eigenvalue weighted by molar-refractivity contribution is 7.09. The number of carbonyl (C=O) groups excluding carboxylic acids is 1. The van der Waals surface area contributed by atoms with E-state index >= 15 is 0 Å². The van der Waals surface area contributed by atoms with Crippen LogP contribution in [-0.2, 0) is 16.0 Å². The van der Waals surface area contributed by atoms with Crippen LogP contribution in [0.3, 0.4) is 0 Å². The molecule has 82 valence electrons. The van der Waals surface area contributed by atoms with Crippen molar-refractivity contribution in [2.45, 2.75) is 32.8 Å². The van der Waals surface area contributed by atoms with Crippen LogP contribution in [0.2, 0.25) is 0 Å². The minimum absolute atomic E-state index is 0.175. The van der Waals surface area contributed by atoms with E-state index < -0.39 is 0 Å². The van der Waals surface area contributed by atoms with Gasteiger partial charge in [0.15, 0.2) is 5.78 Å². The molecule has 1 aromatic rings. The van der Waals surface area contributed by atoms with Gasteiger partial charge in [-0.1, -0.05) is 6.92 Å². The fourth-order valence-corrected chi connectivity index (χ4v) is 2.62. The average Bonchev–Trinajstić information content (AvgIpc) is 2.75. The Morgan fingerprint density at radius 3 is 3.07 bits per heavy atom. The van der Waals surface area contributed by atoms with Gasteiger partial charge in [0, 0.05) is 17.7 Å². The number of Topliss-reactive ketones (excluding diaryl/α,β-unsaturated/α-hetero) is 1. The summed E-state index contributed by atoms with van der Waals surface area (Å²) in [5.41, 5.74) is 0.989. The number of thiazole rings is 1. The van der Waals surface area contributed by atoms with Crippen molar-refractivity contribution in [3.05, 3.63) is 16.1 Å². The zero-order chi connectivity index (χ0) is 10.8. The van der Waals surface area contributed by atoms with E-state index in [1.165, 1.54) is 0 Å². The van der Waals surface area contributed by atoms with Crippen LogP contribution >= 0.6 is 11.3 Å². The number of hydrogen-bond donors (Lipinski definition) is 0. The Morgan fingerprint density at radius 2 is 2.53 bits per heavy atom. The van der Waals surface area contributed by atoms with Crippen LogP contribution in [-0.4, -0.2) is 23.5 Å². The van der Waals surface area contributed by atoms with Gasteiger partial charge in [-0.3, -0.25) is 4.79 Å². The van der Waals surface area contributed by atoms with Gasteiger partial charge in [0.25, 0.3) is 0 Å². The Kier molecular flexibility index (Phi) is 3.17. The molecular weight excluding hydrogens is 210 g/mol. The second-order valence-electron chi connectivity index (χ2n) is 4.08. The Bertz CT molecular complexity index is 361. The molecule has 0 radical (unpaired) electrons. The standard InChI is InChI=1S/C11H15NO2S/c1-7-3-4-14-11(7)9(13)5-10-12-8(2)6-15-10/h6-7,11H,3-5H2,1-2H3. The summed E-state index contributed by atoms with van der Waals surface area (Å²) in [5, 5.41) is 2.88. The molecule has 0 bridgehead atoms. The van der Waals surface area contributed by atoms with E-state index in [1.807, 2.05) is 12.3 Å². The summed E-state index contributed by atoms with van der Waals surface area (Å²) in [4.78, 5) is 16.2. The van der Waals surface area contributed by atoms with Crippen LogP contribution in [0.15, 0.2) is 5.38 Å². The summed E-state index contributed by atoms with van der Waals surface area (Å²) in [6, 6.07) is 0. The summed E-state index contributed by atoms with van der Waals surface area (Å²) < 4.78 is 5.43. The van der Waals surface area contributed by atoms with Gasteiger partial charge < -0.3 is 4.74 Å². The number of ether oxygens (including phenoxy) is 1. The van der Waals surface area contributed by atoms with Crippen molar-refractivity contribution >= 4 is 17.1 Å². The molecular formula is C11H15NO2S. The first-order chi connectivity index (χ1) is 7.16. The van der Waals surface area contributed by atoms with E-state index in [9.17, 15) is 4.79 Å². The van der Waals surface area contributed by atoms with Crippen molar-refractivity contribution < 1.29 is 9.53 Å². The summed E-state index contributed by atoms with van der Waals surface area (Å²) in [7, 11) is 0. The van der Waals surface area contributed by atoms with Gasteiger partial charge in [0.2, 0.25) is 0 Å². The predicted octanol–water partition coefficient (Wildman–Crippen LogP) is 1.99. The Balaban J connectivity index is 1.97. The number of hydrogen-bond acceptors (Lipinski definition) is 4. The monoisotopic (exact) mass is 225 g/mol. The van der Waals surface area contributed by atoms with Crippen LogP contribution in [0.5, 0.6) is 0 Å². The molecule has 3 nitrogen and oxygen atoms in total. The molecule has 0 spiro atoms. The Hall–Kier alpha value is -0.740. The molecule has 0 aliphatic carbocycles. The van der Waals surface area contributed by atoms with Crippen molar-refractivity contribution in [1.29, 1.82) is 0 Å². The topological polar surface area (TPSA) is 39.2 Å². The second kappa shape index (κ2) is 4.41. The molecule has 0 saturated carbocycles. The fourth-order valence-electron chi connectivity index (χ4n) is 1.84. The molecule has 2 rings (SSSR count). The Labute approximate surface area is 93.5 Å². The van der Waals surface area contributed by atoms with Gasteiger partial charge in [-0.05, 0) is 19.3 Å². The van der Waals surface area contributed by atoms with Crippen LogP contribution in [0.25, 0.3) is 0 Å². The maximum absolute atomic E-state index is 11.9.